The van der Waals surface area contributed by atoms with E-state index in [2.05, 4.69) is 46.5 Å². The molecule has 132 valence electrons. The minimum absolute atomic E-state index is 0.195. The molecular formula is C18H33NO3Si. The van der Waals surface area contributed by atoms with E-state index >= 15 is 0 Å². The standard InChI is InChI=1S/C18H33NO3Si/c1-7-14-15(22-23(5,6)17(2,3)4)8-9-18(14)10-12-19(13-11-18)16(20)21/h7,14-15H,1,8-13H2,2-6H3,(H,20,21). The molecule has 1 saturated heterocycles. The highest BCUT2D eigenvalue weighted by atomic mass is 28.4. The smallest absolute Gasteiger partial charge is 0.407 e. The van der Waals surface area contributed by atoms with Gasteiger partial charge in [0.05, 0.1) is 6.10 Å². The van der Waals surface area contributed by atoms with Gasteiger partial charge >= 0.3 is 6.09 Å². The molecule has 0 aromatic carbocycles. The van der Waals surface area contributed by atoms with E-state index in [4.69, 9.17) is 4.43 Å². The summed E-state index contributed by atoms with van der Waals surface area (Å²) in [4.78, 5) is 12.7. The second-order valence-electron chi connectivity index (χ2n) is 8.85. The van der Waals surface area contributed by atoms with Gasteiger partial charge in [-0.2, -0.15) is 0 Å². The molecule has 1 saturated carbocycles. The Hall–Kier alpha value is -0.813. The summed E-state index contributed by atoms with van der Waals surface area (Å²) in [7, 11) is -1.79. The van der Waals surface area contributed by atoms with Crippen molar-refractivity contribution in [2.75, 3.05) is 13.1 Å². The van der Waals surface area contributed by atoms with Gasteiger partial charge in [0.2, 0.25) is 0 Å². The highest BCUT2D eigenvalue weighted by molar-refractivity contribution is 6.74. The molecule has 1 aliphatic heterocycles. The summed E-state index contributed by atoms with van der Waals surface area (Å²) in [5.41, 5.74) is 0.195. The minimum atomic E-state index is -1.79. The fraction of sp³-hybridized carbons (Fsp3) is 0.833. The lowest BCUT2D eigenvalue weighted by molar-refractivity contribution is 0.0533. The predicted molar refractivity (Wildman–Crippen MR) is 96.3 cm³/mol. The van der Waals surface area contributed by atoms with Gasteiger partial charge in [0, 0.05) is 19.0 Å². The quantitative estimate of drug-likeness (QED) is 0.597. The second-order valence-corrected chi connectivity index (χ2v) is 13.6. The first-order chi connectivity index (χ1) is 10.5. The number of carbonyl (C=O) groups is 1. The summed E-state index contributed by atoms with van der Waals surface area (Å²) >= 11 is 0. The number of rotatable bonds is 3. The molecule has 1 heterocycles. The van der Waals surface area contributed by atoms with Crippen molar-refractivity contribution in [1.82, 2.24) is 4.90 Å². The summed E-state index contributed by atoms with van der Waals surface area (Å²) in [5.74, 6) is 0.354. The van der Waals surface area contributed by atoms with Gasteiger partial charge in [0.25, 0.3) is 0 Å². The molecule has 1 aliphatic carbocycles. The van der Waals surface area contributed by atoms with Gasteiger partial charge in [-0.25, -0.2) is 4.79 Å². The van der Waals surface area contributed by atoms with Crippen molar-refractivity contribution < 1.29 is 14.3 Å². The molecule has 2 fully saturated rings. The van der Waals surface area contributed by atoms with Crippen LogP contribution >= 0.6 is 0 Å². The van der Waals surface area contributed by atoms with Crippen LogP contribution in [0, 0.1) is 11.3 Å². The average molecular weight is 340 g/mol. The van der Waals surface area contributed by atoms with Crippen molar-refractivity contribution in [2.24, 2.45) is 11.3 Å². The normalized spacial score (nSPS) is 28.1. The molecule has 1 N–H and O–H groups in total. The molecule has 4 nitrogen and oxygen atoms in total. The number of carboxylic acid groups (broad SMARTS) is 1. The first-order valence-electron chi connectivity index (χ1n) is 8.81. The Balaban J connectivity index is 2.10. The molecule has 0 radical (unpaired) electrons. The third-order valence-electron chi connectivity index (χ3n) is 6.57. The molecule has 1 amide bonds. The van der Waals surface area contributed by atoms with Gasteiger partial charge in [-0.3, -0.25) is 0 Å². The zero-order valence-electron chi connectivity index (χ0n) is 15.4. The van der Waals surface area contributed by atoms with Crippen LogP contribution < -0.4 is 0 Å². The Morgan fingerprint density at radius 1 is 1.30 bits per heavy atom. The van der Waals surface area contributed by atoms with E-state index in [0.717, 1.165) is 25.7 Å². The van der Waals surface area contributed by atoms with Crippen LogP contribution in [0.15, 0.2) is 12.7 Å². The van der Waals surface area contributed by atoms with Crippen molar-refractivity contribution in [1.29, 1.82) is 0 Å². The molecule has 0 aromatic heterocycles. The molecular weight excluding hydrogens is 306 g/mol. The summed E-state index contributed by atoms with van der Waals surface area (Å²) in [5, 5.41) is 9.38. The van der Waals surface area contributed by atoms with E-state index in [0.29, 0.717) is 19.0 Å². The second kappa shape index (κ2) is 6.24. The van der Waals surface area contributed by atoms with Crippen LogP contribution in [-0.2, 0) is 4.43 Å². The van der Waals surface area contributed by atoms with E-state index in [1.54, 1.807) is 4.90 Å². The number of piperidine rings is 1. The number of hydrogen-bond acceptors (Lipinski definition) is 2. The Bertz CT molecular complexity index is 461. The average Bonchev–Trinajstić information content (AvgIpc) is 2.75. The molecule has 2 rings (SSSR count). The van der Waals surface area contributed by atoms with Gasteiger partial charge in [-0.05, 0) is 49.2 Å². The van der Waals surface area contributed by atoms with Crippen LogP contribution in [0.4, 0.5) is 4.79 Å². The first-order valence-corrected chi connectivity index (χ1v) is 11.7. The summed E-state index contributed by atoms with van der Waals surface area (Å²) in [6.45, 7) is 16.8. The lowest BCUT2D eigenvalue weighted by Gasteiger charge is -2.44. The van der Waals surface area contributed by atoms with Crippen LogP contribution in [-0.4, -0.2) is 43.6 Å². The van der Waals surface area contributed by atoms with E-state index in [-0.39, 0.29) is 16.6 Å². The maximum Gasteiger partial charge on any atom is 0.407 e. The van der Waals surface area contributed by atoms with Crippen LogP contribution in [0.2, 0.25) is 18.1 Å². The largest absolute Gasteiger partial charge is 0.465 e. The Morgan fingerprint density at radius 3 is 2.30 bits per heavy atom. The van der Waals surface area contributed by atoms with Crippen molar-refractivity contribution in [2.45, 2.75) is 70.7 Å². The van der Waals surface area contributed by atoms with E-state index in [9.17, 15) is 9.90 Å². The highest BCUT2D eigenvalue weighted by Crippen LogP contribution is 2.53. The highest BCUT2D eigenvalue weighted by Gasteiger charge is 2.51. The lowest BCUT2D eigenvalue weighted by Crippen LogP contribution is -2.48. The topological polar surface area (TPSA) is 49.8 Å². The van der Waals surface area contributed by atoms with Crippen molar-refractivity contribution in [3.63, 3.8) is 0 Å². The Morgan fingerprint density at radius 2 is 1.87 bits per heavy atom. The van der Waals surface area contributed by atoms with Crippen LogP contribution in [0.1, 0.15) is 46.5 Å². The molecule has 2 atom stereocenters. The van der Waals surface area contributed by atoms with E-state index in [1.807, 2.05) is 0 Å². The molecule has 2 aliphatic rings. The van der Waals surface area contributed by atoms with Crippen LogP contribution in [0.3, 0.4) is 0 Å². The van der Waals surface area contributed by atoms with Gasteiger partial charge in [0.1, 0.15) is 0 Å². The number of hydrogen-bond donors (Lipinski definition) is 1. The first kappa shape index (κ1) is 18.5. The van der Waals surface area contributed by atoms with Gasteiger partial charge in [0.15, 0.2) is 8.32 Å². The van der Waals surface area contributed by atoms with Crippen molar-refractivity contribution in [3.05, 3.63) is 12.7 Å². The van der Waals surface area contributed by atoms with Crippen molar-refractivity contribution in [3.8, 4) is 0 Å². The maximum atomic E-state index is 11.2. The fourth-order valence-corrected chi connectivity index (χ4v) is 5.36. The van der Waals surface area contributed by atoms with Crippen LogP contribution in [0.25, 0.3) is 0 Å². The van der Waals surface area contributed by atoms with Crippen molar-refractivity contribution >= 4 is 14.4 Å². The Labute approximate surface area is 142 Å². The predicted octanol–water partition coefficient (Wildman–Crippen LogP) is 4.73. The van der Waals surface area contributed by atoms with Gasteiger partial charge in [-0.15, -0.1) is 6.58 Å². The van der Waals surface area contributed by atoms with E-state index < -0.39 is 14.4 Å². The number of amides is 1. The lowest BCUT2D eigenvalue weighted by atomic mass is 9.70. The number of nitrogens with zero attached hydrogens (tertiary/aromatic N) is 1. The minimum Gasteiger partial charge on any atom is -0.465 e. The molecule has 2 unspecified atom stereocenters. The molecule has 0 bridgehead atoms. The van der Waals surface area contributed by atoms with E-state index in [1.165, 1.54) is 0 Å². The van der Waals surface area contributed by atoms with Gasteiger partial charge < -0.3 is 14.4 Å². The Kier molecular flexibility index (Phi) is 5.03. The third-order valence-corrected chi connectivity index (χ3v) is 11.1. The monoisotopic (exact) mass is 339 g/mol. The fourth-order valence-electron chi connectivity index (χ4n) is 3.99. The maximum absolute atomic E-state index is 11.2. The molecule has 23 heavy (non-hydrogen) atoms. The molecule has 1 spiro atoms. The third kappa shape index (κ3) is 3.50. The zero-order valence-corrected chi connectivity index (χ0v) is 16.4. The molecule has 0 aromatic rings. The number of likely N-dealkylation sites (tertiary alicyclic amines) is 1. The van der Waals surface area contributed by atoms with Crippen LogP contribution in [0.5, 0.6) is 0 Å². The summed E-state index contributed by atoms with van der Waals surface area (Å²) in [6, 6.07) is 0. The molecule has 5 heteroatoms. The summed E-state index contributed by atoms with van der Waals surface area (Å²) in [6.07, 6.45) is 5.64. The van der Waals surface area contributed by atoms with Gasteiger partial charge in [-0.1, -0.05) is 26.8 Å². The summed E-state index contributed by atoms with van der Waals surface area (Å²) < 4.78 is 6.71. The SMILES string of the molecule is C=CC1C(O[Si](C)(C)C(C)(C)C)CCC12CCN(C(=O)O)CC2. The zero-order chi connectivity index (χ0) is 17.5.